The van der Waals surface area contributed by atoms with Crippen LogP contribution >= 0.6 is 0 Å². The summed E-state index contributed by atoms with van der Waals surface area (Å²) >= 11 is 0. The number of hydrogen-bond acceptors (Lipinski definition) is 4. The van der Waals surface area contributed by atoms with E-state index in [-0.39, 0.29) is 24.1 Å². The van der Waals surface area contributed by atoms with E-state index >= 15 is 0 Å². The maximum absolute atomic E-state index is 12.9. The van der Waals surface area contributed by atoms with Crippen molar-refractivity contribution in [3.05, 3.63) is 65.9 Å². The third-order valence-corrected chi connectivity index (χ3v) is 3.86. The fourth-order valence-electron chi connectivity index (χ4n) is 2.61. The lowest BCUT2D eigenvalue weighted by molar-refractivity contribution is -0.123. The minimum atomic E-state index is -0.352. The Morgan fingerprint density at radius 2 is 1.88 bits per heavy atom. The smallest absolute Gasteiger partial charge is 0.294 e. The summed E-state index contributed by atoms with van der Waals surface area (Å²) < 4.78 is 10.7. The standard InChI is InChI=1S/C20H20N2O4/c1-25-12-11-21-19(23)14-22-16-9-5-6-10-17(16)26-18(20(22)24)13-15-7-3-2-4-8-15/h2-10,13H,11-12,14H2,1H3,(H,21,23). The lowest BCUT2D eigenvalue weighted by Crippen LogP contribution is -2.44. The molecule has 0 radical (unpaired) electrons. The van der Waals surface area contributed by atoms with Crippen LogP contribution in [0.15, 0.2) is 60.4 Å². The zero-order chi connectivity index (χ0) is 18.4. The maximum Gasteiger partial charge on any atom is 0.294 e. The summed E-state index contributed by atoms with van der Waals surface area (Å²) in [6, 6.07) is 16.6. The Kier molecular flexibility index (Phi) is 5.66. The predicted molar refractivity (Wildman–Crippen MR) is 98.7 cm³/mol. The van der Waals surface area contributed by atoms with Crippen molar-refractivity contribution < 1.29 is 19.1 Å². The zero-order valence-corrected chi connectivity index (χ0v) is 14.5. The molecule has 26 heavy (non-hydrogen) atoms. The van der Waals surface area contributed by atoms with Crippen molar-refractivity contribution in [3.63, 3.8) is 0 Å². The first-order valence-electron chi connectivity index (χ1n) is 8.30. The number of carbonyl (C=O) groups excluding carboxylic acids is 2. The van der Waals surface area contributed by atoms with Gasteiger partial charge in [-0.1, -0.05) is 42.5 Å². The van der Waals surface area contributed by atoms with Crippen molar-refractivity contribution in [2.24, 2.45) is 0 Å². The van der Waals surface area contributed by atoms with Gasteiger partial charge in [-0.2, -0.15) is 0 Å². The highest BCUT2D eigenvalue weighted by Gasteiger charge is 2.31. The van der Waals surface area contributed by atoms with Crippen LogP contribution in [0.3, 0.4) is 0 Å². The fourth-order valence-corrected chi connectivity index (χ4v) is 2.61. The number of nitrogens with zero attached hydrogens (tertiary/aromatic N) is 1. The molecule has 0 fully saturated rings. The number of benzene rings is 2. The van der Waals surface area contributed by atoms with E-state index in [1.807, 2.05) is 36.4 Å². The normalized spacial score (nSPS) is 14.7. The van der Waals surface area contributed by atoms with Gasteiger partial charge in [-0.15, -0.1) is 0 Å². The Hall–Kier alpha value is -3.12. The first kappa shape index (κ1) is 17.7. The van der Waals surface area contributed by atoms with Gasteiger partial charge in [0.05, 0.1) is 12.3 Å². The molecule has 0 saturated heterocycles. The summed E-state index contributed by atoms with van der Waals surface area (Å²) in [6.07, 6.45) is 1.67. The number of rotatable bonds is 6. The molecule has 1 heterocycles. The lowest BCUT2D eigenvalue weighted by atomic mass is 10.1. The van der Waals surface area contributed by atoms with Gasteiger partial charge in [0.15, 0.2) is 11.5 Å². The van der Waals surface area contributed by atoms with E-state index < -0.39 is 0 Å². The second kappa shape index (κ2) is 8.31. The highest BCUT2D eigenvalue weighted by atomic mass is 16.5. The summed E-state index contributed by atoms with van der Waals surface area (Å²) in [4.78, 5) is 26.5. The second-order valence-corrected chi connectivity index (χ2v) is 5.72. The molecule has 0 aliphatic carbocycles. The Morgan fingerprint density at radius 3 is 2.65 bits per heavy atom. The van der Waals surface area contributed by atoms with E-state index in [9.17, 15) is 9.59 Å². The van der Waals surface area contributed by atoms with Gasteiger partial charge in [0.25, 0.3) is 5.91 Å². The third kappa shape index (κ3) is 4.10. The van der Waals surface area contributed by atoms with Gasteiger partial charge in [0, 0.05) is 13.7 Å². The summed E-state index contributed by atoms with van der Waals surface area (Å²) in [5.74, 6) is 0.110. The van der Waals surface area contributed by atoms with Crippen LogP contribution in [0.2, 0.25) is 0 Å². The molecule has 1 aliphatic heterocycles. The van der Waals surface area contributed by atoms with E-state index in [0.29, 0.717) is 24.6 Å². The summed E-state index contributed by atoms with van der Waals surface area (Å²) in [7, 11) is 1.56. The maximum atomic E-state index is 12.9. The molecule has 1 aliphatic rings. The van der Waals surface area contributed by atoms with Crippen molar-refractivity contribution >= 4 is 23.6 Å². The average molecular weight is 352 g/mol. The van der Waals surface area contributed by atoms with E-state index in [1.165, 1.54) is 4.90 Å². The summed E-state index contributed by atoms with van der Waals surface area (Å²) in [6.45, 7) is 0.718. The average Bonchev–Trinajstić information content (AvgIpc) is 2.66. The largest absolute Gasteiger partial charge is 0.449 e. The third-order valence-electron chi connectivity index (χ3n) is 3.86. The van der Waals surface area contributed by atoms with Crippen molar-refractivity contribution in [1.82, 2.24) is 5.32 Å². The molecule has 2 amide bonds. The van der Waals surface area contributed by atoms with Crippen LogP contribution in [0, 0.1) is 0 Å². The molecule has 0 atom stereocenters. The van der Waals surface area contributed by atoms with Gasteiger partial charge >= 0.3 is 0 Å². The minimum absolute atomic E-state index is 0.0882. The molecule has 1 N–H and O–H groups in total. The molecule has 3 rings (SSSR count). The lowest BCUT2D eigenvalue weighted by Gasteiger charge is -2.30. The van der Waals surface area contributed by atoms with Crippen LogP contribution in [0.5, 0.6) is 5.75 Å². The first-order chi connectivity index (χ1) is 12.7. The molecule has 2 aromatic carbocycles. The summed E-state index contributed by atoms with van der Waals surface area (Å²) in [5.41, 5.74) is 1.42. The van der Waals surface area contributed by atoms with Gasteiger partial charge < -0.3 is 14.8 Å². The number of para-hydroxylation sites is 2. The van der Waals surface area contributed by atoms with Crippen molar-refractivity contribution in [3.8, 4) is 5.75 Å². The summed E-state index contributed by atoms with van der Waals surface area (Å²) in [5, 5.41) is 2.73. The van der Waals surface area contributed by atoms with Crippen LogP contribution in [0.4, 0.5) is 5.69 Å². The Bertz CT molecular complexity index is 818. The number of ether oxygens (including phenoxy) is 2. The predicted octanol–water partition coefficient (Wildman–Crippen LogP) is 2.22. The molecule has 2 aromatic rings. The quantitative estimate of drug-likeness (QED) is 0.639. The van der Waals surface area contributed by atoms with Gasteiger partial charge in [0.1, 0.15) is 6.54 Å². The highest BCUT2D eigenvalue weighted by molar-refractivity contribution is 6.12. The van der Waals surface area contributed by atoms with Crippen LogP contribution in [-0.2, 0) is 14.3 Å². The number of anilines is 1. The van der Waals surface area contributed by atoms with E-state index in [1.54, 1.807) is 31.4 Å². The van der Waals surface area contributed by atoms with Gasteiger partial charge in [-0.25, -0.2) is 0 Å². The molecule has 0 unspecified atom stereocenters. The number of methoxy groups -OCH3 is 1. The number of carbonyl (C=O) groups is 2. The molecule has 0 aromatic heterocycles. The van der Waals surface area contributed by atoms with Crippen LogP contribution in [0.25, 0.3) is 6.08 Å². The molecule has 6 nitrogen and oxygen atoms in total. The number of nitrogens with one attached hydrogen (secondary N) is 1. The SMILES string of the molecule is COCCNC(=O)CN1C(=O)C(=Cc2ccccc2)Oc2ccccc21. The molecule has 0 spiro atoms. The van der Waals surface area contributed by atoms with Crippen LogP contribution in [-0.4, -0.2) is 38.6 Å². The molecule has 6 heteroatoms. The number of hydrogen-bond donors (Lipinski definition) is 1. The second-order valence-electron chi connectivity index (χ2n) is 5.72. The van der Waals surface area contributed by atoms with E-state index in [4.69, 9.17) is 9.47 Å². The Labute approximate surface area is 152 Å². The Morgan fingerprint density at radius 1 is 1.15 bits per heavy atom. The molecule has 0 bridgehead atoms. The molecular weight excluding hydrogens is 332 g/mol. The molecule has 134 valence electrons. The monoisotopic (exact) mass is 352 g/mol. The fraction of sp³-hybridized carbons (Fsp3) is 0.200. The number of fused-ring (bicyclic) bond motifs is 1. The van der Waals surface area contributed by atoms with Crippen LogP contribution < -0.4 is 15.0 Å². The van der Waals surface area contributed by atoms with Gasteiger partial charge in [-0.05, 0) is 23.8 Å². The van der Waals surface area contributed by atoms with Gasteiger partial charge in [0.2, 0.25) is 5.91 Å². The Balaban J connectivity index is 1.86. The first-order valence-corrected chi connectivity index (χ1v) is 8.30. The van der Waals surface area contributed by atoms with Crippen molar-refractivity contribution in [2.45, 2.75) is 0 Å². The van der Waals surface area contributed by atoms with Gasteiger partial charge in [-0.3, -0.25) is 14.5 Å². The van der Waals surface area contributed by atoms with Crippen molar-refractivity contribution in [2.75, 3.05) is 31.7 Å². The van der Waals surface area contributed by atoms with Crippen molar-refractivity contribution in [1.29, 1.82) is 0 Å². The van der Waals surface area contributed by atoms with E-state index in [2.05, 4.69) is 5.32 Å². The molecule has 0 saturated carbocycles. The van der Waals surface area contributed by atoms with E-state index in [0.717, 1.165) is 5.56 Å². The number of amides is 2. The molecular formula is C20H20N2O4. The topological polar surface area (TPSA) is 67.9 Å². The van der Waals surface area contributed by atoms with Crippen LogP contribution in [0.1, 0.15) is 5.56 Å². The highest BCUT2D eigenvalue weighted by Crippen LogP contribution is 2.35. The minimum Gasteiger partial charge on any atom is -0.449 e. The zero-order valence-electron chi connectivity index (χ0n) is 14.5.